The molecule has 1 unspecified atom stereocenters. The van der Waals surface area contributed by atoms with Crippen molar-refractivity contribution in [3.05, 3.63) is 71.9 Å². The topological polar surface area (TPSA) is 77.1 Å². The molecule has 1 aliphatic heterocycles. The normalized spacial score (nSPS) is 16.5. The molecule has 3 aromatic rings. The summed E-state index contributed by atoms with van der Waals surface area (Å²) in [5.41, 5.74) is 2.21. The quantitative estimate of drug-likeness (QED) is 0.276. The number of furan rings is 1. The van der Waals surface area contributed by atoms with Crippen LogP contribution in [0, 0.1) is 0 Å². The second kappa shape index (κ2) is 11.9. The molecule has 32 heavy (non-hydrogen) atoms. The molecule has 1 N–H and O–H groups in total. The lowest BCUT2D eigenvalue weighted by atomic mass is 10.1. The number of rotatable bonds is 7. The Balaban J connectivity index is 0.00000289. The van der Waals surface area contributed by atoms with Gasteiger partial charge in [-0.1, -0.05) is 12.1 Å². The van der Waals surface area contributed by atoms with Gasteiger partial charge in [0.2, 0.25) is 0 Å². The van der Waals surface area contributed by atoms with Crippen molar-refractivity contribution in [3.63, 3.8) is 0 Å². The van der Waals surface area contributed by atoms with Gasteiger partial charge in [-0.05, 0) is 29.8 Å². The van der Waals surface area contributed by atoms with Gasteiger partial charge in [0.1, 0.15) is 17.6 Å². The third-order valence-electron chi connectivity index (χ3n) is 5.27. The number of aromatic nitrogens is 2. The van der Waals surface area contributed by atoms with Crippen LogP contribution in [0.2, 0.25) is 0 Å². The molecule has 0 aliphatic carbocycles. The lowest BCUT2D eigenvalue weighted by Gasteiger charge is -2.35. The van der Waals surface area contributed by atoms with E-state index in [1.807, 2.05) is 55.8 Å². The van der Waals surface area contributed by atoms with Crippen molar-refractivity contribution in [1.29, 1.82) is 0 Å². The van der Waals surface area contributed by atoms with Crippen molar-refractivity contribution in [2.75, 3.05) is 33.4 Å². The molecule has 4 rings (SSSR count). The molecule has 1 atom stereocenters. The molecule has 3 heterocycles. The molecule has 0 spiro atoms. The molecular formula is C23H30IN5O3. The molecule has 8 nitrogen and oxygen atoms in total. The second-order valence-corrected chi connectivity index (χ2v) is 7.50. The van der Waals surface area contributed by atoms with Gasteiger partial charge in [-0.25, -0.2) is 4.99 Å². The summed E-state index contributed by atoms with van der Waals surface area (Å²) in [6.45, 7) is 3.47. The van der Waals surface area contributed by atoms with Crippen LogP contribution in [-0.2, 0) is 24.8 Å². The van der Waals surface area contributed by atoms with Crippen molar-refractivity contribution in [1.82, 2.24) is 20.0 Å². The van der Waals surface area contributed by atoms with Gasteiger partial charge in [0.25, 0.3) is 0 Å². The van der Waals surface area contributed by atoms with Gasteiger partial charge in [-0.3, -0.25) is 4.68 Å². The fraction of sp³-hybridized carbons (Fsp3) is 0.391. The van der Waals surface area contributed by atoms with Crippen LogP contribution in [0.25, 0.3) is 0 Å². The van der Waals surface area contributed by atoms with E-state index in [-0.39, 0.29) is 30.1 Å². The number of ether oxygens (including phenoxy) is 2. The van der Waals surface area contributed by atoms with Crippen molar-refractivity contribution >= 4 is 29.9 Å². The van der Waals surface area contributed by atoms with E-state index in [2.05, 4.69) is 15.3 Å². The number of aryl methyl sites for hydroxylation is 1. The Morgan fingerprint density at radius 3 is 2.81 bits per heavy atom. The van der Waals surface area contributed by atoms with E-state index in [0.29, 0.717) is 13.2 Å². The number of methoxy groups -OCH3 is 1. The van der Waals surface area contributed by atoms with Crippen LogP contribution in [0.3, 0.4) is 0 Å². The van der Waals surface area contributed by atoms with Crippen LogP contribution in [0.5, 0.6) is 5.75 Å². The summed E-state index contributed by atoms with van der Waals surface area (Å²) in [5, 5.41) is 7.79. The molecular weight excluding hydrogens is 521 g/mol. The Kier molecular flexibility index (Phi) is 8.98. The zero-order chi connectivity index (χ0) is 21.5. The van der Waals surface area contributed by atoms with Gasteiger partial charge >= 0.3 is 0 Å². The summed E-state index contributed by atoms with van der Waals surface area (Å²) in [6.07, 6.45) is 6.35. The van der Waals surface area contributed by atoms with E-state index in [1.165, 1.54) is 0 Å². The Morgan fingerprint density at radius 2 is 2.12 bits per heavy atom. The SMILES string of the molecule is COc1ccc(CN=C(NCCc2ccco2)N2CCOC(c3cnn(C)c3)C2)cc1.I. The minimum Gasteiger partial charge on any atom is -0.497 e. The summed E-state index contributed by atoms with van der Waals surface area (Å²) in [4.78, 5) is 7.17. The number of nitrogens with one attached hydrogen (secondary N) is 1. The number of guanidine groups is 1. The molecule has 1 fully saturated rings. The number of aliphatic imine (C=N–C) groups is 1. The van der Waals surface area contributed by atoms with Crippen LogP contribution in [0.1, 0.15) is 23.0 Å². The smallest absolute Gasteiger partial charge is 0.194 e. The lowest BCUT2D eigenvalue weighted by molar-refractivity contribution is -0.00807. The van der Waals surface area contributed by atoms with Gasteiger partial charge in [0, 0.05) is 38.3 Å². The summed E-state index contributed by atoms with van der Waals surface area (Å²) in [7, 11) is 3.59. The van der Waals surface area contributed by atoms with E-state index in [0.717, 1.165) is 54.7 Å². The number of nitrogens with zero attached hydrogens (tertiary/aromatic N) is 4. The first-order valence-electron chi connectivity index (χ1n) is 10.5. The molecule has 0 saturated carbocycles. The summed E-state index contributed by atoms with van der Waals surface area (Å²) in [5.74, 6) is 2.67. The first kappa shape index (κ1) is 24.1. The fourth-order valence-corrected chi connectivity index (χ4v) is 3.57. The van der Waals surface area contributed by atoms with Crippen molar-refractivity contribution < 1.29 is 13.9 Å². The highest BCUT2D eigenvalue weighted by Gasteiger charge is 2.25. The van der Waals surface area contributed by atoms with Crippen molar-refractivity contribution in [2.45, 2.75) is 19.1 Å². The summed E-state index contributed by atoms with van der Waals surface area (Å²) < 4.78 is 18.5. The fourth-order valence-electron chi connectivity index (χ4n) is 3.57. The Hall–Kier alpha value is -2.53. The minimum absolute atomic E-state index is 0. The van der Waals surface area contributed by atoms with Gasteiger partial charge in [-0.15, -0.1) is 24.0 Å². The number of hydrogen-bond acceptors (Lipinski definition) is 5. The van der Waals surface area contributed by atoms with Crippen molar-refractivity contribution in [3.8, 4) is 5.75 Å². The Bertz CT molecular complexity index is 972. The van der Waals surface area contributed by atoms with Gasteiger partial charge in [0.05, 0.1) is 39.3 Å². The average molecular weight is 551 g/mol. The minimum atomic E-state index is -0.0273. The van der Waals surface area contributed by atoms with Crippen molar-refractivity contribution in [2.24, 2.45) is 12.0 Å². The standard InChI is InChI=1S/C23H29N5O3.HI/c1-27-16-19(15-26-27)22-17-28(11-13-31-22)23(24-10-9-21-4-3-12-30-21)25-14-18-5-7-20(29-2)8-6-18;/h3-8,12,15-16,22H,9-11,13-14,17H2,1-2H3,(H,24,25);1H. The van der Waals surface area contributed by atoms with Gasteiger partial charge < -0.3 is 24.1 Å². The number of benzene rings is 1. The van der Waals surface area contributed by atoms with Crippen LogP contribution in [-0.4, -0.2) is 54.0 Å². The third-order valence-corrected chi connectivity index (χ3v) is 5.27. The Morgan fingerprint density at radius 1 is 1.28 bits per heavy atom. The molecule has 9 heteroatoms. The van der Waals surface area contributed by atoms with Crippen LogP contribution >= 0.6 is 24.0 Å². The molecule has 0 radical (unpaired) electrons. The summed E-state index contributed by atoms with van der Waals surface area (Å²) >= 11 is 0. The largest absolute Gasteiger partial charge is 0.497 e. The molecule has 1 aliphatic rings. The monoisotopic (exact) mass is 551 g/mol. The maximum absolute atomic E-state index is 6.00. The van der Waals surface area contributed by atoms with Gasteiger partial charge in [-0.2, -0.15) is 5.10 Å². The van der Waals surface area contributed by atoms with E-state index in [9.17, 15) is 0 Å². The number of morpholine rings is 1. The number of hydrogen-bond donors (Lipinski definition) is 1. The maximum Gasteiger partial charge on any atom is 0.194 e. The molecule has 2 aromatic heterocycles. The van der Waals surface area contributed by atoms with Gasteiger partial charge in [0.15, 0.2) is 5.96 Å². The summed E-state index contributed by atoms with van der Waals surface area (Å²) in [6, 6.07) is 11.9. The highest BCUT2D eigenvalue weighted by molar-refractivity contribution is 14.0. The van der Waals surface area contributed by atoms with Crippen LogP contribution < -0.4 is 10.1 Å². The van der Waals surface area contributed by atoms with E-state index >= 15 is 0 Å². The molecule has 172 valence electrons. The van der Waals surface area contributed by atoms with Crippen LogP contribution in [0.4, 0.5) is 0 Å². The van der Waals surface area contributed by atoms with E-state index in [4.69, 9.17) is 18.9 Å². The van der Waals surface area contributed by atoms with E-state index < -0.39 is 0 Å². The first-order chi connectivity index (χ1) is 15.2. The maximum atomic E-state index is 6.00. The third kappa shape index (κ3) is 6.49. The predicted octanol–water partition coefficient (Wildman–Crippen LogP) is 3.40. The lowest BCUT2D eigenvalue weighted by Crippen LogP contribution is -2.48. The zero-order valence-electron chi connectivity index (χ0n) is 18.4. The van der Waals surface area contributed by atoms with E-state index in [1.54, 1.807) is 18.1 Å². The molecule has 0 amide bonds. The molecule has 0 bridgehead atoms. The number of halogens is 1. The average Bonchev–Trinajstić information content (AvgIpc) is 3.48. The molecule has 1 saturated heterocycles. The second-order valence-electron chi connectivity index (χ2n) is 7.50. The van der Waals surface area contributed by atoms with Crippen LogP contribution in [0.15, 0.2) is 64.5 Å². The highest BCUT2D eigenvalue weighted by Crippen LogP contribution is 2.22. The Labute approximate surface area is 205 Å². The predicted molar refractivity (Wildman–Crippen MR) is 133 cm³/mol. The highest BCUT2D eigenvalue weighted by atomic mass is 127. The first-order valence-corrected chi connectivity index (χ1v) is 10.5. The molecule has 1 aromatic carbocycles. The zero-order valence-corrected chi connectivity index (χ0v) is 20.8.